The summed E-state index contributed by atoms with van der Waals surface area (Å²) in [7, 11) is 0. The Labute approximate surface area is 159 Å². The monoisotopic (exact) mass is 374 g/mol. The summed E-state index contributed by atoms with van der Waals surface area (Å²) in [6.07, 6.45) is 1.31. The van der Waals surface area contributed by atoms with Crippen molar-refractivity contribution >= 4 is 5.78 Å². The zero-order chi connectivity index (χ0) is 18.5. The maximum Gasteiger partial charge on any atom is 0.253 e. The van der Waals surface area contributed by atoms with E-state index in [0.29, 0.717) is 29.7 Å². The van der Waals surface area contributed by atoms with Gasteiger partial charge in [-0.25, -0.2) is 4.98 Å². The smallest absolute Gasteiger partial charge is 0.253 e. The highest BCUT2D eigenvalue weighted by Crippen LogP contribution is 2.37. The number of aromatic nitrogens is 4. The molecule has 4 heterocycles. The maximum atomic E-state index is 6.03. The van der Waals surface area contributed by atoms with Gasteiger partial charge in [0.05, 0.1) is 5.69 Å². The van der Waals surface area contributed by atoms with Crippen molar-refractivity contribution in [2.24, 2.45) is 0 Å². The average Bonchev–Trinajstić information content (AvgIpc) is 3.39. The van der Waals surface area contributed by atoms with Gasteiger partial charge < -0.3 is 18.9 Å². The molecule has 28 heavy (non-hydrogen) atoms. The van der Waals surface area contributed by atoms with E-state index in [0.717, 1.165) is 22.8 Å². The largest absolute Gasteiger partial charge is 0.485 e. The first kappa shape index (κ1) is 15.3. The van der Waals surface area contributed by atoms with Gasteiger partial charge in [0.25, 0.3) is 5.78 Å². The van der Waals surface area contributed by atoms with Crippen LogP contribution in [0.25, 0.3) is 17.0 Å². The van der Waals surface area contributed by atoms with Crippen molar-refractivity contribution in [2.75, 3.05) is 13.4 Å². The Morgan fingerprint density at radius 3 is 2.71 bits per heavy atom. The third-order valence-corrected chi connectivity index (χ3v) is 4.72. The molecule has 1 atom stereocenters. The summed E-state index contributed by atoms with van der Waals surface area (Å²) < 4.78 is 24.4. The summed E-state index contributed by atoms with van der Waals surface area (Å²) in [5.41, 5.74) is 1.78. The molecule has 0 fully saturated rings. The van der Waals surface area contributed by atoms with Gasteiger partial charge >= 0.3 is 0 Å². The normalized spacial score (nSPS) is 17.1. The van der Waals surface area contributed by atoms with Crippen molar-refractivity contribution in [1.82, 2.24) is 19.6 Å². The van der Waals surface area contributed by atoms with Gasteiger partial charge in [-0.15, -0.1) is 5.10 Å². The number of rotatable bonds is 2. The maximum absolute atomic E-state index is 6.03. The van der Waals surface area contributed by atoms with Gasteiger partial charge in [-0.3, -0.25) is 0 Å². The van der Waals surface area contributed by atoms with Gasteiger partial charge in [0.15, 0.2) is 34.9 Å². The lowest BCUT2D eigenvalue weighted by Crippen LogP contribution is -2.22. The van der Waals surface area contributed by atoms with Crippen molar-refractivity contribution in [2.45, 2.75) is 6.10 Å². The summed E-state index contributed by atoms with van der Waals surface area (Å²) >= 11 is 0. The molecular formula is C20H14N4O4. The lowest BCUT2D eigenvalue weighted by Gasteiger charge is -2.24. The molecule has 2 aliphatic heterocycles. The molecule has 0 unspecified atom stereocenters. The van der Waals surface area contributed by atoms with Crippen LogP contribution in [0.5, 0.6) is 23.0 Å². The Morgan fingerprint density at radius 1 is 0.893 bits per heavy atom. The second-order valence-electron chi connectivity index (χ2n) is 6.44. The second-order valence-corrected chi connectivity index (χ2v) is 6.44. The highest BCUT2D eigenvalue weighted by atomic mass is 16.7. The Kier molecular flexibility index (Phi) is 3.19. The molecule has 0 radical (unpaired) electrons. The molecule has 0 saturated heterocycles. The fourth-order valence-corrected chi connectivity index (χ4v) is 3.37. The average molecular weight is 374 g/mol. The molecule has 138 valence electrons. The third kappa shape index (κ3) is 2.34. The van der Waals surface area contributed by atoms with Crippen LogP contribution in [0.1, 0.15) is 11.9 Å². The fraction of sp³-hybridized carbons (Fsp3) is 0.150. The van der Waals surface area contributed by atoms with E-state index < -0.39 is 6.10 Å². The van der Waals surface area contributed by atoms with Gasteiger partial charge in [-0.2, -0.15) is 9.50 Å². The lowest BCUT2D eigenvalue weighted by molar-refractivity contribution is 0.0852. The van der Waals surface area contributed by atoms with Crippen LogP contribution in [0.2, 0.25) is 0 Å². The van der Waals surface area contributed by atoms with Crippen LogP contribution in [-0.4, -0.2) is 33.0 Å². The van der Waals surface area contributed by atoms with E-state index in [2.05, 4.69) is 15.1 Å². The van der Waals surface area contributed by atoms with Gasteiger partial charge in [0.1, 0.15) is 6.61 Å². The van der Waals surface area contributed by atoms with Crippen molar-refractivity contribution in [3.8, 4) is 34.3 Å². The molecule has 0 amide bonds. The van der Waals surface area contributed by atoms with Crippen molar-refractivity contribution in [3.63, 3.8) is 0 Å². The lowest BCUT2D eigenvalue weighted by atomic mass is 10.1. The third-order valence-electron chi connectivity index (χ3n) is 4.72. The van der Waals surface area contributed by atoms with Gasteiger partial charge in [-0.05, 0) is 36.4 Å². The molecule has 2 aromatic heterocycles. The van der Waals surface area contributed by atoms with Crippen LogP contribution in [0.3, 0.4) is 0 Å². The van der Waals surface area contributed by atoms with Crippen LogP contribution >= 0.6 is 0 Å². The minimum atomic E-state index is -0.402. The predicted octanol–water partition coefficient (Wildman–Crippen LogP) is 3.03. The highest BCUT2D eigenvalue weighted by molar-refractivity contribution is 5.66. The molecule has 0 aliphatic carbocycles. The zero-order valence-corrected chi connectivity index (χ0v) is 14.6. The van der Waals surface area contributed by atoms with Crippen LogP contribution in [0.15, 0.2) is 54.7 Å². The number of fused-ring (bicyclic) bond motifs is 3. The second kappa shape index (κ2) is 5.85. The Hall–Kier alpha value is -3.81. The molecule has 0 saturated carbocycles. The van der Waals surface area contributed by atoms with Crippen LogP contribution in [-0.2, 0) is 0 Å². The number of hydrogen-bond acceptors (Lipinski definition) is 7. The first-order valence-corrected chi connectivity index (χ1v) is 8.85. The summed E-state index contributed by atoms with van der Waals surface area (Å²) in [4.78, 5) is 8.88. The van der Waals surface area contributed by atoms with Crippen LogP contribution < -0.4 is 18.9 Å². The molecule has 0 spiro atoms. The van der Waals surface area contributed by atoms with E-state index >= 15 is 0 Å². The fourth-order valence-electron chi connectivity index (χ4n) is 3.37. The van der Waals surface area contributed by atoms with Gasteiger partial charge in [0, 0.05) is 11.8 Å². The van der Waals surface area contributed by atoms with Crippen molar-refractivity contribution in [3.05, 3.63) is 60.6 Å². The topological polar surface area (TPSA) is 80.0 Å². The van der Waals surface area contributed by atoms with Gasteiger partial charge in [0.2, 0.25) is 6.79 Å². The molecule has 8 nitrogen and oxygen atoms in total. The summed E-state index contributed by atoms with van der Waals surface area (Å²) in [6.45, 7) is 0.575. The Balaban J connectivity index is 1.40. The quantitative estimate of drug-likeness (QED) is 0.533. The molecule has 4 aromatic rings. The minimum absolute atomic E-state index is 0.235. The van der Waals surface area contributed by atoms with E-state index in [1.807, 2.05) is 48.5 Å². The van der Waals surface area contributed by atoms with E-state index in [1.54, 1.807) is 10.7 Å². The molecule has 6 rings (SSSR count). The Bertz CT molecular complexity index is 1210. The first-order valence-electron chi connectivity index (χ1n) is 8.85. The standard InChI is InChI=1S/C20H14N4O4/c1-2-4-16-14(3-1)25-10-18(28-16)19-22-20-21-8-7-13(24(20)23-19)12-5-6-15-17(9-12)27-11-26-15/h1-9,18H,10-11H2/t18-/m1/s1. The minimum Gasteiger partial charge on any atom is -0.485 e. The number of nitrogens with zero attached hydrogens (tertiary/aromatic N) is 4. The predicted molar refractivity (Wildman–Crippen MR) is 97.6 cm³/mol. The number of para-hydroxylation sites is 2. The number of hydrogen-bond donors (Lipinski definition) is 0. The van der Waals surface area contributed by atoms with E-state index in [-0.39, 0.29) is 6.79 Å². The van der Waals surface area contributed by atoms with Crippen molar-refractivity contribution < 1.29 is 18.9 Å². The summed E-state index contributed by atoms with van der Waals surface area (Å²) in [5.74, 6) is 3.87. The van der Waals surface area contributed by atoms with E-state index in [9.17, 15) is 0 Å². The SMILES string of the molecule is c1ccc2c(c1)OC[C@H](c1nc3nccc(-c4ccc5c(c4)OCO5)n3n1)O2. The van der Waals surface area contributed by atoms with E-state index in [4.69, 9.17) is 18.9 Å². The van der Waals surface area contributed by atoms with E-state index in [1.165, 1.54) is 0 Å². The molecule has 8 heteroatoms. The molecule has 2 aromatic carbocycles. The van der Waals surface area contributed by atoms with Gasteiger partial charge in [-0.1, -0.05) is 12.1 Å². The highest BCUT2D eigenvalue weighted by Gasteiger charge is 2.27. The molecule has 0 bridgehead atoms. The molecule has 0 N–H and O–H groups in total. The van der Waals surface area contributed by atoms with Crippen LogP contribution in [0, 0.1) is 0 Å². The number of ether oxygens (including phenoxy) is 4. The zero-order valence-electron chi connectivity index (χ0n) is 14.6. The number of benzene rings is 2. The molecular weight excluding hydrogens is 360 g/mol. The summed E-state index contributed by atoms with van der Waals surface area (Å²) in [5, 5.41) is 4.65. The van der Waals surface area contributed by atoms with Crippen LogP contribution in [0.4, 0.5) is 0 Å². The Morgan fingerprint density at radius 2 is 1.75 bits per heavy atom. The van der Waals surface area contributed by atoms with Crippen molar-refractivity contribution in [1.29, 1.82) is 0 Å². The summed E-state index contributed by atoms with van der Waals surface area (Å²) in [6, 6.07) is 15.2. The molecule has 2 aliphatic rings. The first-order chi connectivity index (χ1) is 13.8.